The third-order valence-corrected chi connectivity index (χ3v) is 4.73. The van der Waals surface area contributed by atoms with Gasteiger partial charge in [-0.15, -0.1) is 0 Å². The van der Waals surface area contributed by atoms with Crippen LogP contribution in [0.3, 0.4) is 0 Å². The van der Waals surface area contributed by atoms with Crippen LogP contribution >= 0.6 is 15.9 Å². The first-order chi connectivity index (χ1) is 10.4. The Morgan fingerprint density at radius 2 is 1.68 bits per heavy atom. The SMILES string of the molecule is O=S(=O)(O)c1ccc(N2CC=C(c3ccc(Br)cc3)N2)cc1. The van der Waals surface area contributed by atoms with Crippen LogP contribution in [0.2, 0.25) is 0 Å². The highest BCUT2D eigenvalue weighted by atomic mass is 79.9. The van der Waals surface area contributed by atoms with E-state index in [2.05, 4.69) is 27.4 Å². The average molecular weight is 381 g/mol. The van der Waals surface area contributed by atoms with Crippen LogP contribution in [-0.4, -0.2) is 19.5 Å². The minimum atomic E-state index is -4.16. The normalized spacial score (nSPS) is 14.6. The number of halogens is 1. The van der Waals surface area contributed by atoms with Gasteiger partial charge in [-0.2, -0.15) is 8.42 Å². The van der Waals surface area contributed by atoms with Crippen LogP contribution in [0.25, 0.3) is 5.70 Å². The van der Waals surface area contributed by atoms with Gasteiger partial charge in [-0.3, -0.25) is 15.0 Å². The fourth-order valence-corrected chi connectivity index (χ4v) is 2.94. The van der Waals surface area contributed by atoms with Crippen LogP contribution in [0.4, 0.5) is 5.69 Å². The summed E-state index contributed by atoms with van der Waals surface area (Å²) in [5, 5.41) is 1.89. The highest BCUT2D eigenvalue weighted by Gasteiger charge is 2.16. The molecule has 0 fully saturated rings. The highest BCUT2D eigenvalue weighted by molar-refractivity contribution is 9.10. The predicted molar refractivity (Wildman–Crippen MR) is 88.9 cm³/mol. The second-order valence-electron chi connectivity index (χ2n) is 4.82. The number of hydrogen-bond acceptors (Lipinski definition) is 4. The molecule has 7 heteroatoms. The van der Waals surface area contributed by atoms with E-state index in [9.17, 15) is 8.42 Å². The highest BCUT2D eigenvalue weighted by Crippen LogP contribution is 2.24. The largest absolute Gasteiger partial charge is 0.298 e. The zero-order valence-corrected chi connectivity index (χ0v) is 13.8. The summed E-state index contributed by atoms with van der Waals surface area (Å²) in [5.41, 5.74) is 6.15. The number of nitrogens with zero attached hydrogens (tertiary/aromatic N) is 1. The van der Waals surface area contributed by atoms with Crippen molar-refractivity contribution in [2.75, 3.05) is 11.6 Å². The van der Waals surface area contributed by atoms with E-state index in [0.29, 0.717) is 6.54 Å². The number of nitrogens with one attached hydrogen (secondary N) is 1. The van der Waals surface area contributed by atoms with E-state index in [4.69, 9.17) is 4.55 Å². The lowest BCUT2D eigenvalue weighted by Crippen LogP contribution is -2.31. The molecule has 3 rings (SSSR count). The van der Waals surface area contributed by atoms with Crippen LogP contribution < -0.4 is 10.4 Å². The molecule has 1 aliphatic heterocycles. The lowest BCUT2D eigenvalue weighted by atomic mass is 10.2. The van der Waals surface area contributed by atoms with E-state index in [0.717, 1.165) is 21.4 Å². The molecule has 0 bridgehead atoms. The predicted octanol–water partition coefficient (Wildman–Crippen LogP) is 3.06. The van der Waals surface area contributed by atoms with Crippen molar-refractivity contribution < 1.29 is 13.0 Å². The number of anilines is 1. The Hall–Kier alpha value is -1.83. The van der Waals surface area contributed by atoms with Gasteiger partial charge in [-0.25, -0.2) is 0 Å². The molecule has 0 saturated heterocycles. The fourth-order valence-electron chi connectivity index (χ4n) is 2.20. The summed E-state index contributed by atoms with van der Waals surface area (Å²) in [6.45, 7) is 0.663. The lowest BCUT2D eigenvalue weighted by Gasteiger charge is -2.20. The molecule has 114 valence electrons. The zero-order valence-electron chi connectivity index (χ0n) is 11.4. The Kier molecular flexibility index (Phi) is 3.94. The molecule has 2 aromatic carbocycles. The molecule has 0 amide bonds. The van der Waals surface area contributed by atoms with Crippen LogP contribution in [0.15, 0.2) is 64.0 Å². The van der Waals surface area contributed by atoms with Crippen molar-refractivity contribution in [2.24, 2.45) is 0 Å². The Balaban J connectivity index is 1.75. The minimum Gasteiger partial charge on any atom is -0.298 e. The molecule has 1 heterocycles. The smallest absolute Gasteiger partial charge is 0.294 e. The van der Waals surface area contributed by atoms with Gasteiger partial charge >= 0.3 is 0 Å². The van der Waals surface area contributed by atoms with Gasteiger partial charge in [0.1, 0.15) is 0 Å². The van der Waals surface area contributed by atoms with E-state index < -0.39 is 10.1 Å². The Labute approximate surface area is 137 Å². The minimum absolute atomic E-state index is 0.114. The molecule has 0 atom stereocenters. The maximum Gasteiger partial charge on any atom is 0.294 e. The molecular weight excluding hydrogens is 368 g/mol. The van der Waals surface area contributed by atoms with Crippen LogP contribution in [-0.2, 0) is 10.1 Å². The summed E-state index contributed by atoms with van der Waals surface area (Å²) in [7, 11) is -4.16. The molecule has 2 aromatic rings. The Morgan fingerprint density at radius 3 is 2.27 bits per heavy atom. The van der Waals surface area contributed by atoms with Crippen LogP contribution in [0.1, 0.15) is 5.56 Å². The molecule has 22 heavy (non-hydrogen) atoms. The summed E-state index contributed by atoms with van der Waals surface area (Å²) in [4.78, 5) is -0.114. The topological polar surface area (TPSA) is 69.6 Å². The van der Waals surface area contributed by atoms with Gasteiger partial charge in [-0.05, 0) is 48.0 Å². The van der Waals surface area contributed by atoms with E-state index >= 15 is 0 Å². The third-order valence-electron chi connectivity index (χ3n) is 3.33. The second-order valence-corrected chi connectivity index (χ2v) is 7.15. The van der Waals surface area contributed by atoms with Gasteiger partial charge in [0.2, 0.25) is 0 Å². The summed E-state index contributed by atoms with van der Waals surface area (Å²) in [6.07, 6.45) is 2.06. The molecule has 0 aliphatic carbocycles. The number of hydrogen-bond donors (Lipinski definition) is 2. The van der Waals surface area contributed by atoms with Crippen LogP contribution in [0, 0.1) is 0 Å². The van der Waals surface area contributed by atoms with Crippen molar-refractivity contribution in [2.45, 2.75) is 4.90 Å². The fraction of sp³-hybridized carbons (Fsp3) is 0.0667. The van der Waals surface area contributed by atoms with E-state index in [1.165, 1.54) is 12.1 Å². The quantitative estimate of drug-likeness (QED) is 0.800. The number of hydrazine groups is 1. The van der Waals surface area contributed by atoms with Gasteiger partial charge < -0.3 is 0 Å². The number of benzene rings is 2. The maximum absolute atomic E-state index is 11.0. The van der Waals surface area contributed by atoms with Gasteiger partial charge in [0.25, 0.3) is 10.1 Å². The standard InChI is InChI=1S/C15H13BrN2O3S/c16-12-3-1-11(2-4-12)15-9-10-18(17-15)13-5-7-14(8-6-13)22(19,20)21/h1-9,17H,10H2,(H,19,20,21). The molecule has 0 saturated carbocycles. The zero-order chi connectivity index (χ0) is 15.7. The van der Waals surface area contributed by atoms with Crippen molar-refractivity contribution in [3.8, 4) is 0 Å². The summed E-state index contributed by atoms with van der Waals surface area (Å²) >= 11 is 3.41. The third kappa shape index (κ3) is 3.16. The first kappa shape index (κ1) is 15.1. The molecule has 0 radical (unpaired) electrons. The molecule has 2 N–H and O–H groups in total. The molecule has 0 aromatic heterocycles. The Morgan fingerprint density at radius 1 is 1.05 bits per heavy atom. The molecule has 1 aliphatic rings. The maximum atomic E-state index is 11.0. The van der Waals surface area contributed by atoms with Gasteiger partial charge in [0, 0.05) is 4.47 Å². The van der Waals surface area contributed by atoms with Crippen molar-refractivity contribution >= 4 is 37.4 Å². The molecule has 0 spiro atoms. The van der Waals surface area contributed by atoms with Crippen molar-refractivity contribution in [3.05, 3.63) is 64.6 Å². The van der Waals surface area contributed by atoms with E-state index in [-0.39, 0.29) is 4.90 Å². The first-order valence-electron chi connectivity index (χ1n) is 6.51. The Bertz CT molecular complexity index is 815. The van der Waals surface area contributed by atoms with Gasteiger partial charge in [-0.1, -0.05) is 28.1 Å². The van der Waals surface area contributed by atoms with E-state index in [1.807, 2.05) is 29.3 Å². The summed E-state index contributed by atoms with van der Waals surface area (Å²) < 4.78 is 32.1. The van der Waals surface area contributed by atoms with Crippen molar-refractivity contribution in [1.82, 2.24) is 5.43 Å². The first-order valence-corrected chi connectivity index (χ1v) is 8.75. The van der Waals surface area contributed by atoms with Crippen molar-refractivity contribution in [3.63, 3.8) is 0 Å². The van der Waals surface area contributed by atoms with E-state index in [1.54, 1.807) is 12.1 Å². The molecule has 5 nitrogen and oxygen atoms in total. The summed E-state index contributed by atoms with van der Waals surface area (Å²) in [5.74, 6) is 0. The molecular formula is C15H13BrN2O3S. The number of rotatable bonds is 3. The average Bonchev–Trinajstić information content (AvgIpc) is 2.97. The lowest BCUT2D eigenvalue weighted by molar-refractivity contribution is 0.483. The van der Waals surface area contributed by atoms with Crippen LogP contribution in [0.5, 0.6) is 0 Å². The monoisotopic (exact) mass is 380 g/mol. The van der Waals surface area contributed by atoms with Gasteiger partial charge in [0.15, 0.2) is 0 Å². The summed E-state index contributed by atoms with van der Waals surface area (Å²) in [6, 6.07) is 14.0. The second kappa shape index (κ2) is 5.75. The van der Waals surface area contributed by atoms with Crippen molar-refractivity contribution in [1.29, 1.82) is 0 Å². The van der Waals surface area contributed by atoms with Gasteiger partial charge in [0.05, 0.1) is 22.8 Å². The molecule has 0 unspecified atom stereocenters.